The molecule has 1 aromatic rings. The second kappa shape index (κ2) is 9.32. The molecule has 2 aliphatic heterocycles. The normalized spacial score (nSPS) is 21.8. The first kappa shape index (κ1) is 19.1. The summed E-state index contributed by atoms with van der Waals surface area (Å²) >= 11 is 0. The smallest absolute Gasteiger partial charge is 0.409 e. The molecule has 0 aromatic carbocycles. The Labute approximate surface area is 155 Å². The summed E-state index contributed by atoms with van der Waals surface area (Å²) in [4.78, 5) is 16.4. The second-order valence-corrected chi connectivity index (χ2v) is 7.26. The molecule has 2 saturated heterocycles. The van der Waals surface area contributed by atoms with Crippen LogP contribution in [-0.4, -0.2) is 77.2 Å². The summed E-state index contributed by atoms with van der Waals surface area (Å²) in [6, 6.07) is 0. The zero-order valence-electron chi connectivity index (χ0n) is 16.0. The van der Waals surface area contributed by atoms with Crippen LogP contribution in [0.15, 0.2) is 0 Å². The van der Waals surface area contributed by atoms with Crippen molar-refractivity contribution in [3.8, 4) is 0 Å². The molecular formula is C18H31N5O3. The lowest BCUT2D eigenvalue weighted by atomic mass is 9.97. The largest absolute Gasteiger partial charge is 0.447 e. The quantitative estimate of drug-likeness (QED) is 0.716. The van der Waals surface area contributed by atoms with E-state index in [9.17, 15) is 4.79 Å². The maximum Gasteiger partial charge on any atom is 0.409 e. The van der Waals surface area contributed by atoms with Crippen molar-refractivity contribution in [3.05, 3.63) is 11.6 Å². The fourth-order valence-electron chi connectivity index (χ4n) is 3.84. The molecule has 0 radical (unpaired) electrons. The van der Waals surface area contributed by atoms with Gasteiger partial charge in [0.2, 0.25) is 0 Å². The molecule has 1 aromatic heterocycles. The molecule has 2 aliphatic rings. The Balaban J connectivity index is 1.58. The number of rotatable bonds is 6. The van der Waals surface area contributed by atoms with Gasteiger partial charge >= 0.3 is 6.09 Å². The lowest BCUT2D eigenvalue weighted by Gasteiger charge is -2.31. The van der Waals surface area contributed by atoms with Crippen molar-refractivity contribution in [2.45, 2.75) is 44.6 Å². The van der Waals surface area contributed by atoms with E-state index in [1.54, 1.807) is 12.0 Å². The SMILES string of the molecule is COCCOC(=O)N1CCC[C@@H](c2nnc(CN3CCCCC3)n2C)C1. The molecule has 0 aliphatic carbocycles. The maximum atomic E-state index is 12.2. The highest BCUT2D eigenvalue weighted by Crippen LogP contribution is 2.26. The zero-order chi connectivity index (χ0) is 18.4. The Morgan fingerprint density at radius 3 is 2.69 bits per heavy atom. The topological polar surface area (TPSA) is 72.7 Å². The van der Waals surface area contributed by atoms with Crippen LogP contribution in [0.5, 0.6) is 0 Å². The Kier molecular flexibility index (Phi) is 6.85. The zero-order valence-corrected chi connectivity index (χ0v) is 16.0. The van der Waals surface area contributed by atoms with Crippen molar-refractivity contribution < 1.29 is 14.3 Å². The first-order valence-electron chi connectivity index (χ1n) is 9.70. The number of amides is 1. The van der Waals surface area contributed by atoms with Gasteiger partial charge in [-0.25, -0.2) is 4.79 Å². The van der Waals surface area contributed by atoms with Crippen molar-refractivity contribution in [2.24, 2.45) is 7.05 Å². The van der Waals surface area contributed by atoms with Crippen LogP contribution in [0.3, 0.4) is 0 Å². The van der Waals surface area contributed by atoms with E-state index in [1.165, 1.54) is 19.3 Å². The van der Waals surface area contributed by atoms with E-state index >= 15 is 0 Å². The minimum atomic E-state index is -0.262. The van der Waals surface area contributed by atoms with E-state index in [0.29, 0.717) is 19.8 Å². The molecule has 8 nitrogen and oxygen atoms in total. The second-order valence-electron chi connectivity index (χ2n) is 7.26. The molecule has 26 heavy (non-hydrogen) atoms. The van der Waals surface area contributed by atoms with Gasteiger partial charge < -0.3 is 18.9 Å². The van der Waals surface area contributed by atoms with E-state index in [2.05, 4.69) is 19.7 Å². The number of carbonyl (C=O) groups excluding carboxylic acids is 1. The third-order valence-electron chi connectivity index (χ3n) is 5.37. The average Bonchev–Trinajstić information content (AvgIpc) is 3.03. The molecule has 0 bridgehead atoms. The van der Waals surface area contributed by atoms with E-state index in [4.69, 9.17) is 9.47 Å². The summed E-state index contributed by atoms with van der Waals surface area (Å²) < 4.78 is 12.3. The van der Waals surface area contributed by atoms with Crippen molar-refractivity contribution >= 4 is 6.09 Å². The van der Waals surface area contributed by atoms with Gasteiger partial charge in [-0.3, -0.25) is 4.90 Å². The van der Waals surface area contributed by atoms with Gasteiger partial charge in [-0.15, -0.1) is 10.2 Å². The summed E-state index contributed by atoms with van der Waals surface area (Å²) in [6.07, 6.45) is 5.60. The molecular weight excluding hydrogens is 334 g/mol. The van der Waals surface area contributed by atoms with Crippen LogP contribution in [0.2, 0.25) is 0 Å². The van der Waals surface area contributed by atoms with E-state index in [-0.39, 0.29) is 12.0 Å². The van der Waals surface area contributed by atoms with Crippen LogP contribution < -0.4 is 0 Å². The molecule has 3 heterocycles. The van der Waals surface area contributed by atoms with Gasteiger partial charge in [-0.2, -0.15) is 0 Å². The number of piperidine rings is 2. The number of likely N-dealkylation sites (tertiary alicyclic amines) is 2. The minimum Gasteiger partial charge on any atom is -0.447 e. The number of hydrogen-bond donors (Lipinski definition) is 0. The van der Waals surface area contributed by atoms with Gasteiger partial charge in [-0.05, 0) is 38.8 Å². The fourth-order valence-corrected chi connectivity index (χ4v) is 3.84. The molecule has 0 unspecified atom stereocenters. The molecule has 146 valence electrons. The summed E-state index contributed by atoms with van der Waals surface area (Å²) in [5.41, 5.74) is 0. The number of methoxy groups -OCH3 is 1. The summed E-state index contributed by atoms with van der Waals surface area (Å²) in [5.74, 6) is 2.21. The van der Waals surface area contributed by atoms with Crippen LogP contribution >= 0.6 is 0 Å². The maximum absolute atomic E-state index is 12.2. The van der Waals surface area contributed by atoms with Gasteiger partial charge in [0, 0.05) is 33.2 Å². The molecule has 3 rings (SSSR count). The van der Waals surface area contributed by atoms with Gasteiger partial charge in [-0.1, -0.05) is 6.42 Å². The molecule has 1 atom stereocenters. The molecule has 0 spiro atoms. The Hall–Kier alpha value is -1.67. The van der Waals surface area contributed by atoms with Gasteiger partial charge in [0.1, 0.15) is 18.3 Å². The average molecular weight is 365 g/mol. The first-order chi connectivity index (χ1) is 12.7. The third-order valence-corrected chi connectivity index (χ3v) is 5.37. The first-order valence-corrected chi connectivity index (χ1v) is 9.70. The summed E-state index contributed by atoms with van der Waals surface area (Å²) in [7, 11) is 3.64. The van der Waals surface area contributed by atoms with Crippen molar-refractivity contribution in [1.82, 2.24) is 24.6 Å². The number of aromatic nitrogens is 3. The number of ether oxygens (including phenoxy) is 2. The van der Waals surface area contributed by atoms with Crippen LogP contribution in [-0.2, 0) is 23.1 Å². The van der Waals surface area contributed by atoms with Crippen LogP contribution in [0, 0.1) is 0 Å². The molecule has 2 fully saturated rings. The van der Waals surface area contributed by atoms with Crippen molar-refractivity contribution in [3.63, 3.8) is 0 Å². The Morgan fingerprint density at radius 1 is 1.12 bits per heavy atom. The van der Waals surface area contributed by atoms with Crippen LogP contribution in [0.4, 0.5) is 4.79 Å². The summed E-state index contributed by atoms with van der Waals surface area (Å²) in [5, 5.41) is 8.90. The number of hydrogen-bond acceptors (Lipinski definition) is 6. The monoisotopic (exact) mass is 365 g/mol. The molecule has 8 heteroatoms. The predicted molar refractivity (Wildman–Crippen MR) is 96.9 cm³/mol. The van der Waals surface area contributed by atoms with Gasteiger partial charge in [0.25, 0.3) is 0 Å². The Bertz CT molecular complexity index is 585. The highest BCUT2D eigenvalue weighted by molar-refractivity contribution is 5.67. The highest BCUT2D eigenvalue weighted by Gasteiger charge is 2.29. The molecule has 1 amide bonds. The molecule has 0 N–H and O–H groups in total. The highest BCUT2D eigenvalue weighted by atomic mass is 16.6. The van der Waals surface area contributed by atoms with Gasteiger partial charge in [0.15, 0.2) is 0 Å². The van der Waals surface area contributed by atoms with Gasteiger partial charge in [0.05, 0.1) is 13.2 Å². The lowest BCUT2D eigenvalue weighted by molar-refractivity contribution is 0.0646. The Morgan fingerprint density at radius 2 is 1.92 bits per heavy atom. The third kappa shape index (κ3) is 4.73. The van der Waals surface area contributed by atoms with Crippen LogP contribution in [0.1, 0.15) is 49.7 Å². The summed E-state index contributed by atoms with van der Waals surface area (Å²) in [6.45, 7) is 5.24. The van der Waals surface area contributed by atoms with E-state index < -0.39 is 0 Å². The minimum absolute atomic E-state index is 0.214. The van der Waals surface area contributed by atoms with E-state index in [1.807, 2.05) is 7.05 Å². The number of nitrogens with zero attached hydrogens (tertiary/aromatic N) is 5. The number of carbonyl (C=O) groups is 1. The van der Waals surface area contributed by atoms with Crippen molar-refractivity contribution in [1.29, 1.82) is 0 Å². The standard InChI is InChI=1S/C18H31N5O3/c1-21-16(14-22-8-4-3-5-9-22)19-20-17(21)15-7-6-10-23(13-15)18(24)26-12-11-25-2/h15H,3-14H2,1-2H3/t15-/m1/s1. The van der Waals surface area contributed by atoms with Crippen molar-refractivity contribution in [2.75, 3.05) is 46.5 Å². The predicted octanol–water partition coefficient (Wildman–Crippen LogP) is 1.76. The van der Waals surface area contributed by atoms with Crippen LogP contribution in [0.25, 0.3) is 0 Å². The lowest BCUT2D eigenvalue weighted by Crippen LogP contribution is -2.40. The fraction of sp³-hybridized carbons (Fsp3) is 0.833. The van der Waals surface area contributed by atoms with E-state index in [0.717, 1.165) is 50.7 Å². The molecule has 0 saturated carbocycles.